The Bertz CT molecular complexity index is 787. The number of amides is 1. The highest BCUT2D eigenvalue weighted by molar-refractivity contribution is 7.92. The Morgan fingerprint density at radius 1 is 1.38 bits per heavy atom. The highest BCUT2D eigenvalue weighted by atomic mass is 32.2. The second kappa shape index (κ2) is 5.48. The van der Waals surface area contributed by atoms with Gasteiger partial charge in [-0.25, -0.2) is 17.8 Å². The maximum atomic E-state index is 13.5. The van der Waals surface area contributed by atoms with Crippen LogP contribution in [0, 0.1) is 12.7 Å². The van der Waals surface area contributed by atoms with Crippen LogP contribution in [0.15, 0.2) is 18.2 Å². The van der Waals surface area contributed by atoms with E-state index in [1.54, 1.807) is 6.92 Å². The molecule has 0 radical (unpaired) electrons. The molecule has 0 spiro atoms. The van der Waals surface area contributed by atoms with Crippen LogP contribution in [0.4, 0.5) is 15.8 Å². The molecule has 0 aliphatic heterocycles. The number of sulfonamides is 1. The molecule has 2 rings (SSSR count). The number of carbonyl (C=O) groups is 1. The number of H-pyrrole nitrogens is 1. The summed E-state index contributed by atoms with van der Waals surface area (Å²) < 4.78 is 37.8. The topological polar surface area (TPSA) is 117 Å². The molecule has 1 amide bonds. The Hall–Kier alpha value is -2.49. The third kappa shape index (κ3) is 3.99. The zero-order valence-corrected chi connectivity index (χ0v) is 12.0. The van der Waals surface area contributed by atoms with Crippen molar-refractivity contribution < 1.29 is 17.6 Å². The molecule has 0 saturated carbocycles. The fourth-order valence-corrected chi connectivity index (χ4v) is 2.07. The van der Waals surface area contributed by atoms with Gasteiger partial charge in [0.2, 0.25) is 15.8 Å². The van der Waals surface area contributed by atoms with E-state index < -0.39 is 21.7 Å². The van der Waals surface area contributed by atoms with Crippen LogP contribution >= 0.6 is 0 Å². The minimum atomic E-state index is -3.63. The summed E-state index contributed by atoms with van der Waals surface area (Å²) in [6.07, 6.45) is 0.897. The van der Waals surface area contributed by atoms with Gasteiger partial charge in [0.1, 0.15) is 11.6 Å². The predicted octanol–water partition coefficient (Wildman–Crippen LogP) is 0.876. The summed E-state index contributed by atoms with van der Waals surface area (Å²) in [7, 11) is -3.63. The highest BCUT2D eigenvalue weighted by Crippen LogP contribution is 2.20. The number of nitrogens with zero attached hydrogens (tertiary/aromatic N) is 2. The summed E-state index contributed by atoms with van der Waals surface area (Å²) in [4.78, 5) is 15.7. The lowest BCUT2D eigenvalue weighted by Crippen LogP contribution is -2.15. The van der Waals surface area contributed by atoms with Gasteiger partial charge in [0.15, 0.2) is 0 Å². The number of aryl methyl sites for hydroxylation is 1. The first-order chi connectivity index (χ1) is 9.74. The fourth-order valence-electron chi connectivity index (χ4n) is 1.51. The van der Waals surface area contributed by atoms with Crippen LogP contribution < -0.4 is 10.0 Å². The summed E-state index contributed by atoms with van der Waals surface area (Å²) in [5.74, 6) is -0.962. The van der Waals surface area contributed by atoms with Gasteiger partial charge in [0.25, 0.3) is 5.91 Å². The van der Waals surface area contributed by atoms with Crippen LogP contribution in [0.3, 0.4) is 0 Å². The van der Waals surface area contributed by atoms with E-state index >= 15 is 0 Å². The number of aromatic nitrogens is 3. The van der Waals surface area contributed by atoms with Gasteiger partial charge in [-0.3, -0.25) is 14.6 Å². The van der Waals surface area contributed by atoms with Gasteiger partial charge in [-0.1, -0.05) is 0 Å². The van der Waals surface area contributed by atoms with Crippen LogP contribution in [0.25, 0.3) is 0 Å². The summed E-state index contributed by atoms with van der Waals surface area (Å²) in [5, 5.41) is 8.63. The highest BCUT2D eigenvalue weighted by Gasteiger charge is 2.13. The molecule has 0 aliphatic carbocycles. The van der Waals surface area contributed by atoms with Crippen LogP contribution in [-0.4, -0.2) is 35.8 Å². The normalized spacial score (nSPS) is 11.2. The SMILES string of the molecule is Cc1nc(C(=O)Nc2ccc(F)c(NS(C)(=O)=O)c2)n[nH]1. The van der Waals surface area contributed by atoms with Crippen molar-refractivity contribution in [3.8, 4) is 0 Å². The van der Waals surface area contributed by atoms with Gasteiger partial charge in [-0.2, -0.15) is 0 Å². The number of hydrogen-bond acceptors (Lipinski definition) is 5. The van der Waals surface area contributed by atoms with E-state index in [2.05, 4.69) is 20.5 Å². The maximum Gasteiger partial charge on any atom is 0.295 e. The van der Waals surface area contributed by atoms with E-state index in [0.717, 1.165) is 18.4 Å². The summed E-state index contributed by atoms with van der Waals surface area (Å²) >= 11 is 0. The van der Waals surface area contributed by atoms with Crippen LogP contribution in [-0.2, 0) is 10.0 Å². The van der Waals surface area contributed by atoms with Gasteiger partial charge in [0.05, 0.1) is 11.9 Å². The minimum absolute atomic E-state index is 0.0746. The molecule has 0 aliphatic rings. The predicted molar refractivity (Wildman–Crippen MR) is 73.9 cm³/mol. The molecule has 21 heavy (non-hydrogen) atoms. The number of anilines is 2. The zero-order valence-electron chi connectivity index (χ0n) is 11.1. The lowest BCUT2D eigenvalue weighted by Gasteiger charge is -2.08. The molecule has 0 atom stereocenters. The monoisotopic (exact) mass is 313 g/mol. The standard InChI is InChI=1S/C11H12FN5O3S/c1-6-13-10(16-15-6)11(18)14-7-3-4-8(12)9(5-7)17-21(2,19)20/h3-5,17H,1-2H3,(H,14,18)(H,13,15,16). The van der Waals surface area contributed by atoms with Crippen molar-refractivity contribution in [2.45, 2.75) is 6.92 Å². The van der Waals surface area contributed by atoms with Gasteiger partial charge in [-0.05, 0) is 25.1 Å². The van der Waals surface area contributed by atoms with E-state index in [0.29, 0.717) is 5.82 Å². The van der Waals surface area contributed by atoms with E-state index in [1.165, 1.54) is 6.07 Å². The molecule has 10 heteroatoms. The minimum Gasteiger partial charge on any atom is -0.319 e. The van der Waals surface area contributed by atoms with Gasteiger partial charge in [-0.15, -0.1) is 5.10 Å². The molecule has 0 saturated heterocycles. The van der Waals surface area contributed by atoms with Crippen molar-refractivity contribution in [1.29, 1.82) is 0 Å². The number of halogens is 1. The Morgan fingerprint density at radius 2 is 2.10 bits per heavy atom. The lowest BCUT2D eigenvalue weighted by molar-refractivity contribution is 0.101. The van der Waals surface area contributed by atoms with Crippen molar-refractivity contribution in [2.75, 3.05) is 16.3 Å². The largest absolute Gasteiger partial charge is 0.319 e. The Labute approximate surface area is 119 Å². The van der Waals surface area contributed by atoms with Crippen molar-refractivity contribution >= 4 is 27.3 Å². The zero-order chi connectivity index (χ0) is 15.6. The molecule has 3 N–H and O–H groups in total. The number of rotatable bonds is 4. The molecule has 8 nitrogen and oxygen atoms in total. The number of aromatic amines is 1. The molecular weight excluding hydrogens is 301 g/mol. The second-order valence-electron chi connectivity index (χ2n) is 4.27. The average molecular weight is 313 g/mol. The number of nitrogens with one attached hydrogen (secondary N) is 3. The van der Waals surface area contributed by atoms with Crippen molar-refractivity contribution in [1.82, 2.24) is 15.2 Å². The van der Waals surface area contributed by atoms with E-state index in [4.69, 9.17) is 0 Å². The van der Waals surface area contributed by atoms with E-state index in [9.17, 15) is 17.6 Å². The van der Waals surface area contributed by atoms with E-state index in [-0.39, 0.29) is 17.2 Å². The molecule has 0 unspecified atom stereocenters. The third-order valence-corrected chi connectivity index (χ3v) is 2.91. The molecule has 2 aromatic rings. The number of hydrogen-bond donors (Lipinski definition) is 3. The van der Waals surface area contributed by atoms with Crippen molar-refractivity contribution in [2.24, 2.45) is 0 Å². The van der Waals surface area contributed by atoms with Crippen LogP contribution in [0.5, 0.6) is 0 Å². The van der Waals surface area contributed by atoms with Crippen LogP contribution in [0.2, 0.25) is 0 Å². The molecular formula is C11H12FN5O3S. The van der Waals surface area contributed by atoms with Crippen molar-refractivity contribution in [3.05, 3.63) is 35.7 Å². The summed E-state index contributed by atoms with van der Waals surface area (Å²) in [6.45, 7) is 1.63. The Morgan fingerprint density at radius 3 is 2.67 bits per heavy atom. The van der Waals surface area contributed by atoms with Gasteiger partial charge in [0, 0.05) is 5.69 Å². The van der Waals surface area contributed by atoms with Crippen LogP contribution in [0.1, 0.15) is 16.4 Å². The quantitative estimate of drug-likeness (QED) is 0.774. The molecule has 112 valence electrons. The molecule has 0 bridgehead atoms. The molecule has 0 fully saturated rings. The molecule has 1 aromatic carbocycles. The van der Waals surface area contributed by atoms with Crippen molar-refractivity contribution in [3.63, 3.8) is 0 Å². The number of carbonyl (C=O) groups excluding carboxylic acids is 1. The van der Waals surface area contributed by atoms with Gasteiger partial charge >= 0.3 is 0 Å². The molecule has 1 aromatic heterocycles. The number of benzene rings is 1. The van der Waals surface area contributed by atoms with Gasteiger partial charge < -0.3 is 5.32 Å². The first kappa shape index (κ1) is 14.9. The fraction of sp³-hybridized carbons (Fsp3) is 0.182. The second-order valence-corrected chi connectivity index (χ2v) is 6.02. The first-order valence-corrected chi connectivity index (χ1v) is 7.61. The third-order valence-electron chi connectivity index (χ3n) is 2.32. The molecule has 1 heterocycles. The maximum absolute atomic E-state index is 13.5. The lowest BCUT2D eigenvalue weighted by atomic mass is 10.2. The average Bonchev–Trinajstić information content (AvgIpc) is 2.78. The first-order valence-electron chi connectivity index (χ1n) is 5.72. The Kier molecular flexibility index (Phi) is 3.89. The summed E-state index contributed by atoms with van der Waals surface area (Å²) in [6, 6.07) is 3.49. The summed E-state index contributed by atoms with van der Waals surface area (Å²) in [5.41, 5.74) is -0.0588. The van der Waals surface area contributed by atoms with E-state index in [1.807, 2.05) is 4.72 Å². The Balaban J connectivity index is 2.21. The smallest absolute Gasteiger partial charge is 0.295 e.